The van der Waals surface area contributed by atoms with Crippen LogP contribution in [-0.4, -0.2) is 24.0 Å². The van der Waals surface area contributed by atoms with Gasteiger partial charge in [0.1, 0.15) is 11.0 Å². The molecule has 3 aromatic rings. The molecule has 1 N–H and O–H groups in total. The zero-order chi connectivity index (χ0) is 19.2. The molecule has 4 nitrogen and oxygen atoms in total. The van der Waals surface area contributed by atoms with E-state index >= 15 is 0 Å². The Hall–Kier alpha value is -2.66. The van der Waals surface area contributed by atoms with Gasteiger partial charge in [0.2, 0.25) is 5.91 Å². The van der Waals surface area contributed by atoms with Gasteiger partial charge >= 0.3 is 0 Å². The fourth-order valence-electron chi connectivity index (χ4n) is 3.21. The van der Waals surface area contributed by atoms with Gasteiger partial charge in [0.15, 0.2) is 0 Å². The summed E-state index contributed by atoms with van der Waals surface area (Å²) >= 11 is 1.55. The molecule has 2 aromatic carbocycles. The Morgan fingerprint density at radius 1 is 1.15 bits per heavy atom. The Kier molecular flexibility index (Phi) is 6.24. The molecule has 1 amide bonds. The first-order valence-electron chi connectivity index (χ1n) is 9.13. The van der Waals surface area contributed by atoms with E-state index in [0.29, 0.717) is 6.54 Å². The summed E-state index contributed by atoms with van der Waals surface area (Å²) in [5.74, 6) is -0.0138. The molecule has 1 heterocycles. The normalized spacial score (nSPS) is 11.8. The van der Waals surface area contributed by atoms with E-state index in [1.165, 1.54) is 11.1 Å². The molecule has 0 aliphatic heterocycles. The van der Waals surface area contributed by atoms with E-state index in [-0.39, 0.29) is 11.9 Å². The third-order valence-corrected chi connectivity index (χ3v) is 5.26. The van der Waals surface area contributed by atoms with Crippen LogP contribution in [0.3, 0.4) is 0 Å². The molecule has 0 spiro atoms. The number of likely N-dealkylation sites (N-methyl/N-ethyl adjacent to an activating group) is 1. The molecule has 140 valence electrons. The highest BCUT2D eigenvalue weighted by atomic mass is 32.1. The number of rotatable bonds is 7. The molecule has 0 saturated heterocycles. The second kappa shape index (κ2) is 8.82. The van der Waals surface area contributed by atoms with Crippen LogP contribution in [0.15, 0.2) is 60.1 Å². The molecule has 1 atom stereocenters. The van der Waals surface area contributed by atoms with Crippen LogP contribution in [0.5, 0.6) is 0 Å². The van der Waals surface area contributed by atoms with E-state index < -0.39 is 0 Å². The largest absolute Gasteiger partial charge is 0.362 e. The van der Waals surface area contributed by atoms with Gasteiger partial charge < -0.3 is 10.2 Å². The summed E-state index contributed by atoms with van der Waals surface area (Å²) in [5.41, 5.74) is 4.52. The maximum absolute atomic E-state index is 12.9. The lowest BCUT2D eigenvalue weighted by Gasteiger charge is -2.25. The number of aromatic nitrogens is 1. The summed E-state index contributed by atoms with van der Waals surface area (Å²) < 4.78 is 0. The number of nitrogens with one attached hydrogen (secondary N) is 1. The van der Waals surface area contributed by atoms with Crippen LogP contribution in [0.2, 0.25) is 0 Å². The van der Waals surface area contributed by atoms with E-state index in [0.717, 1.165) is 22.8 Å². The summed E-state index contributed by atoms with van der Waals surface area (Å²) in [6.07, 6.45) is 1.77. The van der Waals surface area contributed by atoms with Gasteiger partial charge in [0, 0.05) is 23.8 Å². The van der Waals surface area contributed by atoms with Gasteiger partial charge in [-0.1, -0.05) is 36.4 Å². The zero-order valence-corrected chi connectivity index (χ0v) is 16.8. The van der Waals surface area contributed by atoms with Crippen LogP contribution in [0, 0.1) is 13.8 Å². The fraction of sp³-hybridized carbons (Fsp3) is 0.273. The minimum Gasteiger partial charge on any atom is -0.362 e. The predicted octanol–water partition coefficient (Wildman–Crippen LogP) is 4.49. The number of aryl methyl sites for hydroxylation is 2. The number of anilines is 1. The number of carbonyl (C=O) groups is 1. The average Bonchev–Trinajstić information content (AvgIpc) is 3.18. The molecule has 1 unspecified atom stereocenters. The first-order chi connectivity index (χ1) is 13.1. The summed E-state index contributed by atoms with van der Waals surface area (Å²) in [7, 11) is 0. The number of nitrogens with zero attached hydrogens (tertiary/aromatic N) is 2. The van der Waals surface area contributed by atoms with Gasteiger partial charge in [-0.3, -0.25) is 4.79 Å². The van der Waals surface area contributed by atoms with E-state index in [4.69, 9.17) is 0 Å². The Morgan fingerprint density at radius 2 is 1.85 bits per heavy atom. The van der Waals surface area contributed by atoms with Gasteiger partial charge in [-0.2, -0.15) is 0 Å². The first-order valence-corrected chi connectivity index (χ1v) is 10.0. The van der Waals surface area contributed by atoms with Gasteiger partial charge in [-0.15, -0.1) is 11.3 Å². The molecule has 0 radical (unpaired) electrons. The highest BCUT2D eigenvalue weighted by Gasteiger charge is 2.20. The smallest absolute Gasteiger partial charge is 0.240 e. The molecule has 0 fully saturated rings. The van der Waals surface area contributed by atoms with Crippen molar-refractivity contribution >= 4 is 22.9 Å². The van der Waals surface area contributed by atoms with Crippen molar-refractivity contribution in [3.05, 3.63) is 81.8 Å². The SMILES string of the molecule is CCN(CC(=O)NC(c1ccccc1)c1nccs1)c1cc(C)cc(C)c1. The van der Waals surface area contributed by atoms with Crippen molar-refractivity contribution in [3.8, 4) is 0 Å². The summed E-state index contributed by atoms with van der Waals surface area (Å²) in [6, 6.07) is 16.2. The lowest BCUT2D eigenvalue weighted by atomic mass is 10.1. The maximum Gasteiger partial charge on any atom is 0.240 e. The lowest BCUT2D eigenvalue weighted by Crippen LogP contribution is -2.39. The minimum absolute atomic E-state index is 0.0138. The number of carbonyl (C=O) groups excluding carboxylic acids is 1. The van der Waals surface area contributed by atoms with E-state index in [1.54, 1.807) is 17.5 Å². The molecule has 1 aromatic heterocycles. The van der Waals surface area contributed by atoms with E-state index in [9.17, 15) is 4.79 Å². The highest BCUT2D eigenvalue weighted by molar-refractivity contribution is 7.09. The van der Waals surface area contributed by atoms with Crippen LogP contribution < -0.4 is 10.2 Å². The summed E-state index contributed by atoms with van der Waals surface area (Å²) in [5, 5.41) is 6.00. The van der Waals surface area contributed by atoms with Crippen LogP contribution >= 0.6 is 11.3 Å². The average molecular weight is 380 g/mol. The van der Waals surface area contributed by atoms with Gasteiger partial charge in [0.05, 0.1) is 6.54 Å². The van der Waals surface area contributed by atoms with E-state index in [1.807, 2.05) is 35.7 Å². The maximum atomic E-state index is 12.9. The van der Waals surface area contributed by atoms with Gasteiger partial charge in [-0.25, -0.2) is 4.98 Å². The van der Waals surface area contributed by atoms with Crippen LogP contribution in [0.1, 0.15) is 34.7 Å². The molecule has 5 heteroatoms. The molecule has 0 aliphatic rings. The third kappa shape index (κ3) is 4.95. The van der Waals surface area contributed by atoms with Crippen LogP contribution in [0.25, 0.3) is 0 Å². The van der Waals surface area contributed by atoms with Crippen molar-refractivity contribution < 1.29 is 4.79 Å². The van der Waals surface area contributed by atoms with E-state index in [2.05, 4.69) is 54.2 Å². The molecule has 0 bridgehead atoms. The summed E-state index contributed by atoms with van der Waals surface area (Å²) in [6.45, 7) is 7.31. The minimum atomic E-state index is -0.225. The van der Waals surface area contributed by atoms with Crippen molar-refractivity contribution in [2.45, 2.75) is 26.8 Å². The Morgan fingerprint density at radius 3 is 2.44 bits per heavy atom. The fourth-order valence-corrected chi connectivity index (χ4v) is 3.92. The molecule has 27 heavy (non-hydrogen) atoms. The van der Waals surface area contributed by atoms with Crippen molar-refractivity contribution in [2.75, 3.05) is 18.0 Å². The quantitative estimate of drug-likeness (QED) is 0.658. The monoisotopic (exact) mass is 379 g/mol. The van der Waals surface area contributed by atoms with Crippen molar-refractivity contribution in [1.82, 2.24) is 10.3 Å². The molecule has 0 aliphatic carbocycles. The number of hydrogen-bond acceptors (Lipinski definition) is 4. The Labute approximate surface area is 164 Å². The predicted molar refractivity (Wildman–Crippen MR) is 112 cm³/mol. The summed E-state index contributed by atoms with van der Waals surface area (Å²) in [4.78, 5) is 19.4. The number of benzene rings is 2. The standard InChI is InChI=1S/C22H25N3OS/c1-4-25(19-13-16(2)12-17(3)14-19)15-20(26)24-21(22-23-10-11-27-22)18-8-6-5-7-9-18/h5-14,21H,4,15H2,1-3H3,(H,24,26). The van der Waals surface area contributed by atoms with Gasteiger partial charge in [0.25, 0.3) is 0 Å². The second-order valence-corrected chi connectivity index (χ2v) is 7.57. The number of thiazole rings is 1. The van der Waals surface area contributed by atoms with Crippen molar-refractivity contribution in [1.29, 1.82) is 0 Å². The number of hydrogen-bond donors (Lipinski definition) is 1. The third-order valence-electron chi connectivity index (χ3n) is 4.42. The van der Waals surface area contributed by atoms with Crippen molar-refractivity contribution in [3.63, 3.8) is 0 Å². The second-order valence-electron chi connectivity index (χ2n) is 6.64. The zero-order valence-electron chi connectivity index (χ0n) is 16.0. The van der Waals surface area contributed by atoms with Crippen molar-refractivity contribution in [2.24, 2.45) is 0 Å². The highest BCUT2D eigenvalue weighted by Crippen LogP contribution is 2.24. The Bertz CT molecular complexity index is 858. The molecule has 0 saturated carbocycles. The first kappa shape index (κ1) is 19.1. The molecule has 3 rings (SSSR count). The molecular formula is C22H25N3OS. The Balaban J connectivity index is 1.77. The molecular weight excluding hydrogens is 354 g/mol. The lowest BCUT2D eigenvalue weighted by molar-refractivity contribution is -0.120. The topological polar surface area (TPSA) is 45.2 Å². The van der Waals surface area contributed by atoms with Crippen LogP contribution in [-0.2, 0) is 4.79 Å². The number of amides is 1. The van der Waals surface area contributed by atoms with Gasteiger partial charge in [-0.05, 0) is 49.6 Å². The van der Waals surface area contributed by atoms with Crippen LogP contribution in [0.4, 0.5) is 5.69 Å².